The highest BCUT2D eigenvalue weighted by molar-refractivity contribution is 5.79. The van der Waals surface area contributed by atoms with Crippen LogP contribution in [0.3, 0.4) is 0 Å². The van der Waals surface area contributed by atoms with E-state index in [9.17, 15) is 4.79 Å². The van der Waals surface area contributed by atoms with Crippen molar-refractivity contribution < 1.29 is 14.1 Å². The summed E-state index contributed by atoms with van der Waals surface area (Å²) in [4.78, 5) is 22.1. The van der Waals surface area contributed by atoms with Crippen LogP contribution in [0.5, 0.6) is 5.75 Å². The Morgan fingerprint density at radius 1 is 1.06 bits per heavy atom. The van der Waals surface area contributed by atoms with E-state index in [-0.39, 0.29) is 11.8 Å². The lowest BCUT2D eigenvalue weighted by Crippen LogP contribution is -2.42. The number of amides is 1. The molecule has 36 heavy (non-hydrogen) atoms. The van der Waals surface area contributed by atoms with Crippen LogP contribution in [0.4, 0.5) is 6.01 Å². The van der Waals surface area contributed by atoms with Crippen molar-refractivity contribution in [2.24, 2.45) is 23.5 Å². The number of piperidine rings is 1. The van der Waals surface area contributed by atoms with Gasteiger partial charge in [-0.2, -0.15) is 4.98 Å². The molecule has 5 rings (SSSR count). The Hall–Kier alpha value is -2.65. The summed E-state index contributed by atoms with van der Waals surface area (Å²) in [6.07, 6.45) is 7.66. The molecule has 1 atom stereocenters. The zero-order chi connectivity index (χ0) is 24.9. The average molecular weight is 497 g/mol. The minimum atomic E-state index is 0.0502. The molecule has 3 fully saturated rings. The fraction of sp³-hybridized carbons (Fsp3) is 0.667. The molecule has 2 saturated heterocycles. The van der Waals surface area contributed by atoms with Crippen molar-refractivity contribution >= 4 is 11.9 Å². The van der Waals surface area contributed by atoms with Gasteiger partial charge in [-0.15, -0.1) is 0 Å². The molecule has 0 spiro atoms. The number of methoxy groups -OCH3 is 1. The number of rotatable bonds is 8. The Kier molecular flexibility index (Phi) is 8.06. The number of carbonyl (C=O) groups excluding carboxylic acids is 1. The predicted octanol–water partition coefficient (Wildman–Crippen LogP) is 2.92. The standard InChI is InChI=1S/C27H40N6O3/c1-35-24-8-4-21(5-9-24)25-30-27(36-31-25)33-14-11-22(12-15-33)26(34)29-16-20-10-13-32(18-20)17-19-2-6-23(28)7-3-19/h4-5,8-9,19-20,22-23H,2-3,6-7,10-18,28H2,1H3,(H,29,34). The molecule has 2 aliphatic heterocycles. The second-order valence-corrected chi connectivity index (χ2v) is 10.8. The number of ether oxygens (including phenoxy) is 1. The SMILES string of the molecule is COc1ccc(-c2noc(N3CCC(C(=O)NCC4CCN(CC5CCC(N)CC5)C4)CC3)n2)cc1. The fourth-order valence-corrected chi connectivity index (χ4v) is 5.90. The first-order valence-electron chi connectivity index (χ1n) is 13.6. The number of nitrogens with two attached hydrogens (primary N) is 1. The molecular weight excluding hydrogens is 456 g/mol. The normalized spacial score (nSPS) is 25.7. The molecule has 1 aromatic carbocycles. The number of likely N-dealkylation sites (tertiary alicyclic amines) is 1. The molecule has 1 aliphatic carbocycles. The lowest BCUT2D eigenvalue weighted by molar-refractivity contribution is -0.125. The van der Waals surface area contributed by atoms with Gasteiger partial charge in [-0.1, -0.05) is 5.16 Å². The van der Waals surface area contributed by atoms with Crippen molar-refractivity contribution in [3.8, 4) is 17.1 Å². The summed E-state index contributed by atoms with van der Waals surface area (Å²) in [6.45, 7) is 5.74. The molecular formula is C27H40N6O3. The Morgan fingerprint density at radius 3 is 2.53 bits per heavy atom. The highest BCUT2D eigenvalue weighted by Gasteiger charge is 2.30. The summed E-state index contributed by atoms with van der Waals surface area (Å²) in [5.41, 5.74) is 6.94. The number of benzene rings is 1. The predicted molar refractivity (Wildman–Crippen MR) is 139 cm³/mol. The van der Waals surface area contributed by atoms with Crippen molar-refractivity contribution in [2.45, 2.75) is 51.0 Å². The third-order valence-electron chi connectivity index (χ3n) is 8.24. The van der Waals surface area contributed by atoms with Gasteiger partial charge in [0.15, 0.2) is 0 Å². The second kappa shape index (κ2) is 11.6. The molecule has 0 radical (unpaired) electrons. The number of carbonyl (C=O) groups is 1. The van der Waals surface area contributed by atoms with Crippen LogP contribution in [0.15, 0.2) is 28.8 Å². The van der Waals surface area contributed by atoms with Crippen LogP contribution in [0.2, 0.25) is 0 Å². The molecule has 3 aliphatic rings. The lowest BCUT2D eigenvalue weighted by atomic mass is 9.86. The Balaban J connectivity index is 1.02. The van der Waals surface area contributed by atoms with Gasteiger partial charge in [0.1, 0.15) is 5.75 Å². The summed E-state index contributed by atoms with van der Waals surface area (Å²) in [7, 11) is 1.64. The first-order chi connectivity index (χ1) is 17.6. The zero-order valence-electron chi connectivity index (χ0n) is 21.4. The van der Waals surface area contributed by atoms with Gasteiger partial charge in [0.05, 0.1) is 7.11 Å². The quantitative estimate of drug-likeness (QED) is 0.574. The van der Waals surface area contributed by atoms with E-state index in [0.29, 0.717) is 23.8 Å². The summed E-state index contributed by atoms with van der Waals surface area (Å²) >= 11 is 0. The van der Waals surface area contributed by atoms with E-state index < -0.39 is 0 Å². The van der Waals surface area contributed by atoms with E-state index in [1.807, 2.05) is 24.3 Å². The first-order valence-corrected chi connectivity index (χ1v) is 13.6. The van der Waals surface area contributed by atoms with Gasteiger partial charge in [-0.3, -0.25) is 4.79 Å². The molecule has 1 unspecified atom stereocenters. The van der Waals surface area contributed by atoms with Gasteiger partial charge >= 0.3 is 6.01 Å². The van der Waals surface area contributed by atoms with Gasteiger partial charge in [0, 0.05) is 50.2 Å². The number of hydrogen-bond donors (Lipinski definition) is 2. The Labute approximate surface area is 213 Å². The molecule has 3 heterocycles. The topological polar surface area (TPSA) is 110 Å². The van der Waals surface area contributed by atoms with Crippen molar-refractivity contribution in [3.05, 3.63) is 24.3 Å². The van der Waals surface area contributed by atoms with Crippen molar-refractivity contribution in [3.63, 3.8) is 0 Å². The van der Waals surface area contributed by atoms with Crippen LogP contribution in [-0.4, -0.2) is 73.4 Å². The molecule has 1 saturated carbocycles. The smallest absolute Gasteiger partial charge is 0.324 e. The second-order valence-electron chi connectivity index (χ2n) is 10.8. The van der Waals surface area contributed by atoms with Crippen molar-refractivity contribution in [1.82, 2.24) is 20.4 Å². The number of hydrogen-bond acceptors (Lipinski definition) is 8. The first kappa shape index (κ1) is 25.0. The molecule has 9 heteroatoms. The van der Waals surface area contributed by atoms with Gasteiger partial charge in [0.25, 0.3) is 0 Å². The van der Waals surface area contributed by atoms with Gasteiger partial charge < -0.3 is 30.1 Å². The molecule has 0 bridgehead atoms. The van der Waals surface area contributed by atoms with Crippen molar-refractivity contribution in [2.75, 3.05) is 51.3 Å². The maximum atomic E-state index is 12.9. The van der Waals surface area contributed by atoms with E-state index in [1.165, 1.54) is 38.6 Å². The van der Waals surface area contributed by atoms with Crippen LogP contribution in [0.25, 0.3) is 11.4 Å². The lowest BCUT2D eigenvalue weighted by Gasteiger charge is -2.30. The molecule has 196 valence electrons. The number of nitrogens with one attached hydrogen (secondary N) is 1. The van der Waals surface area contributed by atoms with E-state index in [0.717, 1.165) is 62.8 Å². The minimum absolute atomic E-state index is 0.0502. The highest BCUT2D eigenvalue weighted by Crippen LogP contribution is 2.28. The Bertz CT molecular complexity index is 980. The third-order valence-corrected chi connectivity index (χ3v) is 8.24. The molecule has 3 N–H and O–H groups in total. The minimum Gasteiger partial charge on any atom is -0.497 e. The molecule has 9 nitrogen and oxygen atoms in total. The van der Waals surface area contributed by atoms with E-state index >= 15 is 0 Å². The van der Waals surface area contributed by atoms with Crippen molar-refractivity contribution in [1.29, 1.82) is 0 Å². The summed E-state index contributed by atoms with van der Waals surface area (Å²) < 4.78 is 10.7. The van der Waals surface area contributed by atoms with Crippen LogP contribution < -0.4 is 20.7 Å². The van der Waals surface area contributed by atoms with E-state index in [2.05, 4.69) is 25.3 Å². The van der Waals surface area contributed by atoms with Gasteiger partial charge in [0.2, 0.25) is 11.7 Å². The van der Waals surface area contributed by atoms with E-state index in [4.69, 9.17) is 15.0 Å². The summed E-state index contributed by atoms with van der Waals surface area (Å²) in [6, 6.07) is 8.53. The average Bonchev–Trinajstić information content (AvgIpc) is 3.59. The maximum Gasteiger partial charge on any atom is 0.324 e. The van der Waals surface area contributed by atoms with Crippen LogP contribution in [0, 0.1) is 17.8 Å². The molecule has 1 amide bonds. The number of anilines is 1. The van der Waals surface area contributed by atoms with Crippen LogP contribution >= 0.6 is 0 Å². The van der Waals surface area contributed by atoms with E-state index in [1.54, 1.807) is 7.11 Å². The monoisotopic (exact) mass is 496 g/mol. The molecule has 1 aromatic heterocycles. The maximum absolute atomic E-state index is 12.9. The zero-order valence-corrected chi connectivity index (χ0v) is 21.4. The van der Waals surface area contributed by atoms with Crippen LogP contribution in [0.1, 0.15) is 44.9 Å². The van der Waals surface area contributed by atoms with Gasteiger partial charge in [-0.25, -0.2) is 0 Å². The summed E-state index contributed by atoms with van der Waals surface area (Å²) in [5.74, 6) is 2.96. The summed E-state index contributed by atoms with van der Waals surface area (Å²) in [5, 5.41) is 7.39. The van der Waals surface area contributed by atoms with Gasteiger partial charge in [-0.05, 0) is 87.6 Å². The number of aromatic nitrogens is 2. The number of nitrogens with zero attached hydrogens (tertiary/aromatic N) is 4. The largest absolute Gasteiger partial charge is 0.497 e. The fourth-order valence-electron chi connectivity index (χ4n) is 5.90. The third kappa shape index (κ3) is 6.18. The highest BCUT2D eigenvalue weighted by atomic mass is 16.5. The molecule has 2 aromatic rings. The van der Waals surface area contributed by atoms with Crippen LogP contribution in [-0.2, 0) is 4.79 Å². The Morgan fingerprint density at radius 2 is 1.81 bits per heavy atom.